The summed E-state index contributed by atoms with van der Waals surface area (Å²) in [6, 6.07) is 10.8. The Morgan fingerprint density at radius 3 is 2.00 bits per heavy atom. The lowest BCUT2D eigenvalue weighted by Crippen LogP contribution is -2.11. The number of carbonyl (C=O) groups excluding carboxylic acids is 1. The van der Waals surface area contributed by atoms with Gasteiger partial charge in [-0.3, -0.25) is 4.79 Å². The molecule has 0 atom stereocenters. The van der Waals surface area contributed by atoms with Crippen molar-refractivity contribution < 1.29 is 23.7 Å². The Morgan fingerprint density at radius 2 is 1.54 bits per heavy atom. The van der Waals surface area contributed by atoms with Gasteiger partial charge in [-0.15, -0.1) is 11.8 Å². The first kappa shape index (κ1) is 18.0. The van der Waals surface area contributed by atoms with Crippen molar-refractivity contribution in [1.82, 2.24) is 0 Å². The van der Waals surface area contributed by atoms with Crippen LogP contribution in [0, 0.1) is 0 Å². The number of hydrogen-bond acceptors (Lipinski definition) is 6. The van der Waals surface area contributed by atoms with Gasteiger partial charge in [-0.1, -0.05) is 0 Å². The Labute approximate surface area is 145 Å². The molecule has 24 heavy (non-hydrogen) atoms. The highest BCUT2D eigenvalue weighted by Gasteiger charge is 2.15. The van der Waals surface area contributed by atoms with E-state index in [1.54, 1.807) is 36.0 Å². The Kier molecular flexibility index (Phi) is 6.37. The number of rotatable bonds is 7. The van der Waals surface area contributed by atoms with Crippen molar-refractivity contribution in [3.8, 4) is 23.0 Å². The number of ether oxygens (including phenoxy) is 4. The van der Waals surface area contributed by atoms with E-state index in [2.05, 4.69) is 0 Å². The van der Waals surface area contributed by atoms with Crippen molar-refractivity contribution >= 4 is 17.7 Å². The molecule has 0 bridgehead atoms. The smallest absolute Gasteiger partial charge is 0.315 e. The summed E-state index contributed by atoms with van der Waals surface area (Å²) in [5.74, 6) is 1.66. The van der Waals surface area contributed by atoms with Crippen molar-refractivity contribution in [2.45, 2.75) is 11.3 Å². The summed E-state index contributed by atoms with van der Waals surface area (Å²) >= 11 is 1.63. The molecular weight excluding hydrogens is 328 g/mol. The highest BCUT2D eigenvalue weighted by molar-refractivity contribution is 7.98. The normalized spacial score (nSPS) is 10.2. The number of carbonyl (C=O) groups is 1. The van der Waals surface area contributed by atoms with Crippen LogP contribution in [0.5, 0.6) is 23.0 Å². The predicted molar refractivity (Wildman–Crippen MR) is 93.7 cm³/mol. The van der Waals surface area contributed by atoms with Gasteiger partial charge in [0.1, 0.15) is 5.75 Å². The zero-order chi connectivity index (χ0) is 17.5. The average molecular weight is 348 g/mol. The van der Waals surface area contributed by atoms with E-state index in [0.717, 1.165) is 10.5 Å². The minimum atomic E-state index is -0.360. The van der Waals surface area contributed by atoms with E-state index in [9.17, 15) is 4.79 Å². The zero-order valence-corrected chi connectivity index (χ0v) is 14.9. The second-order valence-corrected chi connectivity index (χ2v) is 5.74. The molecule has 0 spiro atoms. The maximum absolute atomic E-state index is 12.1. The van der Waals surface area contributed by atoms with Crippen molar-refractivity contribution in [2.75, 3.05) is 27.6 Å². The molecule has 0 aromatic heterocycles. The first-order chi connectivity index (χ1) is 11.6. The van der Waals surface area contributed by atoms with Gasteiger partial charge >= 0.3 is 5.97 Å². The molecule has 0 radical (unpaired) electrons. The van der Waals surface area contributed by atoms with Gasteiger partial charge in [-0.2, -0.15) is 0 Å². The largest absolute Gasteiger partial charge is 0.493 e. The zero-order valence-electron chi connectivity index (χ0n) is 14.1. The number of hydrogen-bond donors (Lipinski definition) is 0. The summed E-state index contributed by atoms with van der Waals surface area (Å²) in [6.45, 7) is 0. The van der Waals surface area contributed by atoms with Gasteiger partial charge in [0.05, 0.1) is 27.8 Å². The third kappa shape index (κ3) is 4.35. The minimum Gasteiger partial charge on any atom is -0.493 e. The van der Waals surface area contributed by atoms with Crippen LogP contribution in [-0.2, 0) is 11.2 Å². The molecule has 6 heteroatoms. The number of benzene rings is 2. The SMILES string of the molecule is COc1cc(CC(=O)Oc2ccc(SC)cc2)cc(OC)c1OC. The molecule has 0 N–H and O–H groups in total. The Bertz CT molecular complexity index is 672. The maximum Gasteiger partial charge on any atom is 0.315 e. The van der Waals surface area contributed by atoms with Gasteiger partial charge in [0, 0.05) is 4.90 Å². The van der Waals surface area contributed by atoms with Crippen LogP contribution in [0.25, 0.3) is 0 Å². The van der Waals surface area contributed by atoms with E-state index in [4.69, 9.17) is 18.9 Å². The van der Waals surface area contributed by atoms with E-state index >= 15 is 0 Å². The van der Waals surface area contributed by atoms with Crippen molar-refractivity contribution in [2.24, 2.45) is 0 Å². The summed E-state index contributed by atoms with van der Waals surface area (Å²) in [5.41, 5.74) is 0.718. The van der Waals surface area contributed by atoms with Crippen LogP contribution < -0.4 is 18.9 Å². The summed E-state index contributed by atoms with van der Waals surface area (Å²) in [5, 5.41) is 0. The fraction of sp³-hybridized carbons (Fsp3) is 0.278. The van der Waals surface area contributed by atoms with E-state index in [1.807, 2.05) is 18.4 Å². The van der Waals surface area contributed by atoms with Crippen LogP contribution in [0.15, 0.2) is 41.3 Å². The van der Waals surface area contributed by atoms with Crippen molar-refractivity contribution in [3.63, 3.8) is 0 Å². The Hall–Kier alpha value is -2.34. The number of methoxy groups -OCH3 is 3. The Balaban J connectivity index is 2.12. The lowest BCUT2D eigenvalue weighted by atomic mass is 10.1. The topological polar surface area (TPSA) is 54.0 Å². The summed E-state index contributed by atoms with van der Waals surface area (Å²) in [6.07, 6.45) is 2.09. The molecule has 5 nitrogen and oxygen atoms in total. The molecule has 0 aliphatic carbocycles. The molecule has 2 aromatic rings. The highest BCUT2D eigenvalue weighted by atomic mass is 32.2. The lowest BCUT2D eigenvalue weighted by molar-refractivity contribution is -0.133. The molecular formula is C18H20O5S. The maximum atomic E-state index is 12.1. The predicted octanol–water partition coefficient (Wildman–Crippen LogP) is 3.58. The summed E-state index contributed by atoms with van der Waals surface area (Å²) < 4.78 is 21.2. The second-order valence-electron chi connectivity index (χ2n) is 4.86. The molecule has 0 aliphatic heterocycles. The average Bonchev–Trinajstić information content (AvgIpc) is 2.61. The van der Waals surface area contributed by atoms with Gasteiger partial charge in [0.2, 0.25) is 5.75 Å². The van der Waals surface area contributed by atoms with Gasteiger partial charge in [0.15, 0.2) is 11.5 Å². The van der Waals surface area contributed by atoms with Crippen LogP contribution in [0.4, 0.5) is 0 Å². The van der Waals surface area contributed by atoms with E-state index in [0.29, 0.717) is 23.0 Å². The molecule has 0 amide bonds. The second kappa shape index (κ2) is 8.49. The molecule has 0 saturated heterocycles. The Morgan fingerprint density at radius 1 is 0.958 bits per heavy atom. The third-order valence-corrected chi connectivity index (χ3v) is 4.11. The fourth-order valence-corrected chi connectivity index (χ4v) is 2.62. The molecule has 2 aromatic carbocycles. The van der Waals surface area contributed by atoms with E-state index in [1.165, 1.54) is 21.3 Å². The standard InChI is InChI=1S/C18H20O5S/c1-20-15-9-12(10-16(21-2)18(15)22-3)11-17(19)23-13-5-7-14(24-4)8-6-13/h5-10H,11H2,1-4H3. The third-order valence-electron chi connectivity index (χ3n) is 3.36. The van der Waals surface area contributed by atoms with Gasteiger partial charge in [-0.25, -0.2) is 0 Å². The fourth-order valence-electron chi connectivity index (χ4n) is 2.22. The molecule has 0 heterocycles. The first-order valence-electron chi connectivity index (χ1n) is 7.25. The van der Waals surface area contributed by atoms with Gasteiger partial charge < -0.3 is 18.9 Å². The van der Waals surface area contributed by atoms with Crippen LogP contribution >= 0.6 is 11.8 Å². The summed E-state index contributed by atoms with van der Waals surface area (Å²) in [4.78, 5) is 13.3. The van der Waals surface area contributed by atoms with Crippen LogP contribution in [0.2, 0.25) is 0 Å². The molecule has 0 unspecified atom stereocenters. The first-order valence-corrected chi connectivity index (χ1v) is 8.47. The van der Waals surface area contributed by atoms with Crippen molar-refractivity contribution in [1.29, 1.82) is 0 Å². The number of thioether (sulfide) groups is 1. The van der Waals surface area contributed by atoms with Crippen LogP contribution in [-0.4, -0.2) is 33.6 Å². The van der Waals surface area contributed by atoms with Gasteiger partial charge in [-0.05, 0) is 48.2 Å². The quantitative estimate of drug-likeness (QED) is 0.433. The van der Waals surface area contributed by atoms with Crippen molar-refractivity contribution in [3.05, 3.63) is 42.0 Å². The van der Waals surface area contributed by atoms with E-state index in [-0.39, 0.29) is 12.4 Å². The molecule has 0 aliphatic rings. The molecule has 128 valence electrons. The van der Waals surface area contributed by atoms with Crippen LogP contribution in [0.1, 0.15) is 5.56 Å². The molecule has 0 fully saturated rings. The molecule has 2 rings (SSSR count). The summed E-state index contributed by atoms with van der Waals surface area (Å²) in [7, 11) is 4.60. The monoisotopic (exact) mass is 348 g/mol. The molecule has 0 saturated carbocycles. The highest BCUT2D eigenvalue weighted by Crippen LogP contribution is 2.38. The van der Waals surface area contributed by atoms with E-state index < -0.39 is 0 Å². The van der Waals surface area contributed by atoms with Gasteiger partial charge in [0.25, 0.3) is 0 Å². The lowest BCUT2D eigenvalue weighted by Gasteiger charge is -2.14. The van der Waals surface area contributed by atoms with Crippen LogP contribution in [0.3, 0.4) is 0 Å². The number of esters is 1. The minimum absolute atomic E-state index is 0.0982.